The minimum Gasteiger partial charge on any atom is -0.497 e. The molecule has 0 radical (unpaired) electrons. The van der Waals surface area contributed by atoms with E-state index in [4.69, 9.17) is 19.2 Å². The van der Waals surface area contributed by atoms with Gasteiger partial charge in [-0.1, -0.05) is 24.3 Å². The Labute approximate surface area is 176 Å². The molecule has 0 saturated heterocycles. The van der Waals surface area contributed by atoms with Crippen molar-refractivity contribution < 1.29 is 14.2 Å². The third-order valence-corrected chi connectivity index (χ3v) is 5.08. The zero-order valence-electron chi connectivity index (χ0n) is 17.3. The molecule has 1 aromatic heterocycles. The van der Waals surface area contributed by atoms with E-state index in [1.54, 1.807) is 21.3 Å². The first kappa shape index (κ1) is 19.5. The molecular formula is C26H23NO3. The molecule has 0 spiro atoms. The van der Waals surface area contributed by atoms with Crippen LogP contribution in [0.2, 0.25) is 0 Å². The summed E-state index contributed by atoms with van der Waals surface area (Å²) in [5.41, 5.74) is 6.20. The monoisotopic (exact) mass is 397 g/mol. The van der Waals surface area contributed by atoms with Crippen molar-refractivity contribution in [2.45, 2.75) is 0 Å². The molecule has 1 heterocycles. The fourth-order valence-corrected chi connectivity index (χ4v) is 3.38. The summed E-state index contributed by atoms with van der Waals surface area (Å²) in [4.78, 5) is 4.84. The summed E-state index contributed by atoms with van der Waals surface area (Å²) >= 11 is 0. The molecule has 0 aliphatic carbocycles. The SMILES string of the molecule is COc1ccc(-c2cnc(-c3ccc(OC)cc3)c(-c3ccc(OC)cc3)c2)cc1. The Bertz CT molecular complexity index is 1120. The zero-order valence-corrected chi connectivity index (χ0v) is 17.3. The molecule has 30 heavy (non-hydrogen) atoms. The van der Waals surface area contributed by atoms with Crippen LogP contribution in [0.4, 0.5) is 0 Å². The first-order valence-electron chi connectivity index (χ1n) is 9.65. The lowest BCUT2D eigenvalue weighted by molar-refractivity contribution is 0.414. The van der Waals surface area contributed by atoms with Gasteiger partial charge in [-0.05, 0) is 65.7 Å². The van der Waals surface area contributed by atoms with Crippen LogP contribution in [0.3, 0.4) is 0 Å². The van der Waals surface area contributed by atoms with E-state index < -0.39 is 0 Å². The number of benzene rings is 3. The zero-order chi connectivity index (χ0) is 20.9. The Balaban J connectivity index is 1.83. The lowest BCUT2D eigenvalue weighted by atomic mass is 9.96. The van der Waals surface area contributed by atoms with E-state index >= 15 is 0 Å². The number of methoxy groups -OCH3 is 3. The summed E-state index contributed by atoms with van der Waals surface area (Å²) < 4.78 is 15.9. The van der Waals surface area contributed by atoms with Crippen LogP contribution in [0, 0.1) is 0 Å². The minimum atomic E-state index is 0.819. The third kappa shape index (κ3) is 3.98. The van der Waals surface area contributed by atoms with Gasteiger partial charge in [0.15, 0.2) is 0 Å². The molecule has 0 fully saturated rings. The number of hydrogen-bond donors (Lipinski definition) is 0. The van der Waals surface area contributed by atoms with E-state index in [2.05, 4.69) is 18.2 Å². The van der Waals surface area contributed by atoms with Crippen molar-refractivity contribution in [2.75, 3.05) is 21.3 Å². The van der Waals surface area contributed by atoms with Gasteiger partial charge in [-0.2, -0.15) is 0 Å². The maximum Gasteiger partial charge on any atom is 0.118 e. The van der Waals surface area contributed by atoms with Crippen molar-refractivity contribution in [3.8, 4) is 50.8 Å². The average molecular weight is 397 g/mol. The van der Waals surface area contributed by atoms with E-state index in [-0.39, 0.29) is 0 Å². The molecule has 0 atom stereocenters. The van der Waals surface area contributed by atoms with Crippen LogP contribution in [0.15, 0.2) is 85.1 Å². The van der Waals surface area contributed by atoms with Crippen molar-refractivity contribution in [2.24, 2.45) is 0 Å². The molecule has 4 rings (SSSR count). The molecular weight excluding hydrogens is 374 g/mol. The van der Waals surface area contributed by atoms with E-state index in [0.29, 0.717) is 0 Å². The molecule has 0 bridgehead atoms. The van der Waals surface area contributed by atoms with Gasteiger partial charge in [-0.25, -0.2) is 0 Å². The van der Waals surface area contributed by atoms with Gasteiger partial charge in [-0.3, -0.25) is 4.98 Å². The summed E-state index contributed by atoms with van der Waals surface area (Å²) in [5.74, 6) is 2.47. The number of hydrogen-bond acceptors (Lipinski definition) is 4. The summed E-state index contributed by atoms with van der Waals surface area (Å²) in [6.45, 7) is 0. The highest BCUT2D eigenvalue weighted by Gasteiger charge is 2.12. The second kappa shape index (κ2) is 8.70. The molecule has 0 N–H and O–H groups in total. The first-order chi connectivity index (χ1) is 14.7. The second-order valence-corrected chi connectivity index (χ2v) is 6.81. The van der Waals surface area contributed by atoms with Crippen molar-refractivity contribution in [1.29, 1.82) is 0 Å². The number of nitrogens with zero attached hydrogens (tertiary/aromatic N) is 1. The Hall–Kier alpha value is -3.79. The lowest BCUT2D eigenvalue weighted by Crippen LogP contribution is -1.92. The summed E-state index contributed by atoms with van der Waals surface area (Å²) in [6.07, 6.45) is 1.91. The Morgan fingerprint density at radius 2 is 0.933 bits per heavy atom. The Morgan fingerprint density at radius 3 is 1.40 bits per heavy atom. The van der Waals surface area contributed by atoms with Crippen molar-refractivity contribution in [3.05, 3.63) is 85.1 Å². The highest BCUT2D eigenvalue weighted by atomic mass is 16.5. The van der Waals surface area contributed by atoms with Crippen LogP contribution in [0.5, 0.6) is 17.2 Å². The van der Waals surface area contributed by atoms with Gasteiger partial charge in [0.2, 0.25) is 0 Å². The van der Waals surface area contributed by atoms with Crippen molar-refractivity contribution >= 4 is 0 Å². The third-order valence-electron chi connectivity index (χ3n) is 5.08. The average Bonchev–Trinajstić information content (AvgIpc) is 2.84. The van der Waals surface area contributed by atoms with Crippen LogP contribution in [-0.4, -0.2) is 26.3 Å². The van der Waals surface area contributed by atoms with E-state index in [1.165, 1.54) is 0 Å². The van der Waals surface area contributed by atoms with E-state index in [1.807, 2.05) is 66.9 Å². The molecule has 4 aromatic rings. The maximum atomic E-state index is 5.32. The molecule has 4 nitrogen and oxygen atoms in total. The van der Waals surface area contributed by atoms with Crippen molar-refractivity contribution in [1.82, 2.24) is 4.98 Å². The van der Waals surface area contributed by atoms with Gasteiger partial charge in [-0.15, -0.1) is 0 Å². The highest BCUT2D eigenvalue weighted by Crippen LogP contribution is 2.35. The predicted molar refractivity (Wildman–Crippen MR) is 120 cm³/mol. The smallest absolute Gasteiger partial charge is 0.118 e. The lowest BCUT2D eigenvalue weighted by Gasteiger charge is -2.13. The normalized spacial score (nSPS) is 10.5. The van der Waals surface area contributed by atoms with E-state index in [0.717, 1.165) is 50.8 Å². The van der Waals surface area contributed by atoms with Gasteiger partial charge in [0.25, 0.3) is 0 Å². The molecule has 0 unspecified atom stereocenters. The fourth-order valence-electron chi connectivity index (χ4n) is 3.38. The van der Waals surface area contributed by atoms with Crippen LogP contribution in [-0.2, 0) is 0 Å². The predicted octanol–water partition coefficient (Wildman–Crippen LogP) is 6.11. The quantitative estimate of drug-likeness (QED) is 0.394. The van der Waals surface area contributed by atoms with Crippen LogP contribution in [0.25, 0.3) is 33.5 Å². The molecule has 150 valence electrons. The summed E-state index contributed by atoms with van der Waals surface area (Å²) in [7, 11) is 5.01. The Kier molecular flexibility index (Phi) is 5.66. The fraction of sp³-hybridized carbons (Fsp3) is 0.115. The molecule has 0 aliphatic rings. The molecule has 0 aliphatic heterocycles. The Morgan fingerprint density at radius 1 is 0.500 bits per heavy atom. The van der Waals surface area contributed by atoms with Crippen LogP contribution < -0.4 is 14.2 Å². The summed E-state index contributed by atoms with van der Waals surface area (Å²) in [6, 6.07) is 26.2. The molecule has 0 amide bonds. The van der Waals surface area contributed by atoms with Gasteiger partial charge in [0.05, 0.1) is 27.0 Å². The van der Waals surface area contributed by atoms with Gasteiger partial charge in [0.1, 0.15) is 17.2 Å². The topological polar surface area (TPSA) is 40.6 Å². The summed E-state index contributed by atoms with van der Waals surface area (Å²) in [5, 5.41) is 0. The number of ether oxygens (including phenoxy) is 3. The first-order valence-corrected chi connectivity index (χ1v) is 9.65. The highest BCUT2D eigenvalue weighted by molar-refractivity contribution is 5.84. The largest absolute Gasteiger partial charge is 0.497 e. The minimum absolute atomic E-state index is 0.819. The number of rotatable bonds is 6. The second-order valence-electron chi connectivity index (χ2n) is 6.81. The number of aromatic nitrogens is 1. The van der Waals surface area contributed by atoms with E-state index in [9.17, 15) is 0 Å². The number of pyridine rings is 1. The standard InChI is InChI=1S/C26H23NO3/c1-28-22-10-4-18(5-11-22)21-16-25(19-6-12-23(29-2)13-7-19)26(27-17-21)20-8-14-24(30-3)15-9-20/h4-17H,1-3H3. The van der Waals surface area contributed by atoms with Crippen LogP contribution >= 0.6 is 0 Å². The van der Waals surface area contributed by atoms with Gasteiger partial charge < -0.3 is 14.2 Å². The van der Waals surface area contributed by atoms with Crippen molar-refractivity contribution in [3.63, 3.8) is 0 Å². The van der Waals surface area contributed by atoms with Gasteiger partial charge in [0, 0.05) is 22.9 Å². The molecule has 3 aromatic carbocycles. The molecule has 4 heteroatoms. The maximum absolute atomic E-state index is 5.32. The molecule has 0 saturated carbocycles. The van der Waals surface area contributed by atoms with Gasteiger partial charge >= 0.3 is 0 Å². The van der Waals surface area contributed by atoms with Crippen LogP contribution in [0.1, 0.15) is 0 Å².